The lowest BCUT2D eigenvalue weighted by Crippen LogP contribution is -2.29. The molecule has 2 aromatic heterocycles. The van der Waals surface area contributed by atoms with E-state index in [9.17, 15) is 5.11 Å². The zero-order valence-electron chi connectivity index (χ0n) is 17.0. The molecule has 0 radical (unpaired) electrons. The highest BCUT2D eigenvalue weighted by molar-refractivity contribution is 5.86. The van der Waals surface area contributed by atoms with E-state index in [1.807, 2.05) is 29.3 Å². The van der Waals surface area contributed by atoms with E-state index < -0.39 is 0 Å². The van der Waals surface area contributed by atoms with Crippen molar-refractivity contribution in [1.82, 2.24) is 19.7 Å². The molecule has 0 amide bonds. The second-order valence-corrected chi connectivity index (χ2v) is 6.88. The molecule has 5 N–H and O–H groups in total. The summed E-state index contributed by atoms with van der Waals surface area (Å²) in [6.45, 7) is 4.36. The summed E-state index contributed by atoms with van der Waals surface area (Å²) in [5.41, 5.74) is 15.0. The van der Waals surface area contributed by atoms with Gasteiger partial charge in [-0.1, -0.05) is 25.5 Å². The van der Waals surface area contributed by atoms with Crippen LogP contribution in [0.25, 0.3) is 11.0 Å². The van der Waals surface area contributed by atoms with Gasteiger partial charge in [0.25, 0.3) is 0 Å². The number of fused-ring (bicyclic) bond motifs is 1. The number of anilines is 2. The SMILES string of the molecule is CCCCN(CCO)c1nc(N)nc2cn(Cc3ccc(CN)cc3OC)nc12. The molecular weight excluding hydrogens is 370 g/mol. The smallest absolute Gasteiger partial charge is 0.222 e. The first-order valence-electron chi connectivity index (χ1n) is 9.81. The number of hydrogen-bond donors (Lipinski definition) is 3. The number of hydrogen-bond acceptors (Lipinski definition) is 8. The minimum Gasteiger partial charge on any atom is -0.496 e. The van der Waals surface area contributed by atoms with Gasteiger partial charge in [0.05, 0.1) is 26.5 Å². The van der Waals surface area contributed by atoms with Crippen molar-refractivity contribution in [3.8, 4) is 5.75 Å². The fourth-order valence-corrected chi connectivity index (χ4v) is 3.28. The van der Waals surface area contributed by atoms with Crippen molar-refractivity contribution in [2.24, 2.45) is 5.73 Å². The van der Waals surface area contributed by atoms with Crippen LogP contribution < -0.4 is 21.1 Å². The number of unbranched alkanes of at least 4 members (excludes halogenated alkanes) is 1. The third-order valence-corrected chi connectivity index (χ3v) is 4.78. The van der Waals surface area contributed by atoms with Gasteiger partial charge in [0.2, 0.25) is 5.95 Å². The minimum atomic E-state index is 0.0283. The average Bonchev–Trinajstić information content (AvgIpc) is 3.13. The highest BCUT2D eigenvalue weighted by Gasteiger charge is 2.17. The minimum absolute atomic E-state index is 0.0283. The molecule has 9 nitrogen and oxygen atoms in total. The zero-order chi connectivity index (χ0) is 20.8. The van der Waals surface area contributed by atoms with Gasteiger partial charge < -0.3 is 26.2 Å². The molecule has 29 heavy (non-hydrogen) atoms. The molecule has 1 aromatic carbocycles. The van der Waals surface area contributed by atoms with Crippen molar-refractivity contribution < 1.29 is 9.84 Å². The Labute approximate surface area is 170 Å². The number of methoxy groups -OCH3 is 1. The molecule has 2 heterocycles. The first-order chi connectivity index (χ1) is 14.1. The van der Waals surface area contributed by atoms with Crippen LogP contribution in [-0.4, -0.2) is 51.7 Å². The van der Waals surface area contributed by atoms with E-state index in [2.05, 4.69) is 16.9 Å². The van der Waals surface area contributed by atoms with Crippen LogP contribution in [0.3, 0.4) is 0 Å². The molecule has 0 saturated heterocycles. The van der Waals surface area contributed by atoms with Gasteiger partial charge in [0, 0.05) is 25.2 Å². The Bertz CT molecular complexity index is 957. The molecule has 0 fully saturated rings. The number of nitrogen functional groups attached to an aromatic ring is 1. The molecule has 0 spiro atoms. The Morgan fingerprint density at radius 2 is 2.07 bits per heavy atom. The second-order valence-electron chi connectivity index (χ2n) is 6.88. The predicted octanol–water partition coefficient (Wildman–Crippen LogP) is 1.52. The summed E-state index contributed by atoms with van der Waals surface area (Å²) in [6, 6.07) is 5.92. The molecule has 156 valence electrons. The van der Waals surface area contributed by atoms with E-state index in [4.69, 9.17) is 21.3 Å². The first-order valence-corrected chi connectivity index (χ1v) is 9.81. The summed E-state index contributed by atoms with van der Waals surface area (Å²) in [6.07, 6.45) is 3.87. The van der Waals surface area contributed by atoms with Crippen LogP contribution in [0, 0.1) is 0 Å². The lowest BCUT2D eigenvalue weighted by Gasteiger charge is -2.22. The van der Waals surface area contributed by atoms with Crippen molar-refractivity contribution in [2.45, 2.75) is 32.9 Å². The standard InChI is InChI=1S/C20H29N7O2/c1-3-4-7-26(8-9-28)19-18-16(23-20(22)24-19)13-27(25-18)12-15-6-5-14(11-21)10-17(15)29-2/h5-6,10,13,28H,3-4,7-9,11-12,21H2,1-2H3,(H2,22,23). The zero-order valence-corrected chi connectivity index (χ0v) is 17.0. The van der Waals surface area contributed by atoms with Crippen LogP contribution in [0.1, 0.15) is 30.9 Å². The Morgan fingerprint density at radius 1 is 1.24 bits per heavy atom. The third-order valence-electron chi connectivity index (χ3n) is 4.78. The molecule has 9 heteroatoms. The van der Waals surface area contributed by atoms with Gasteiger partial charge in [0.15, 0.2) is 11.3 Å². The van der Waals surface area contributed by atoms with Crippen LogP contribution in [0.5, 0.6) is 5.75 Å². The molecule has 0 aliphatic heterocycles. The van der Waals surface area contributed by atoms with Crippen LogP contribution in [0.2, 0.25) is 0 Å². The van der Waals surface area contributed by atoms with Gasteiger partial charge in [-0.25, -0.2) is 4.98 Å². The summed E-state index contributed by atoms with van der Waals surface area (Å²) >= 11 is 0. The highest BCUT2D eigenvalue weighted by Crippen LogP contribution is 2.26. The van der Waals surface area contributed by atoms with E-state index in [1.54, 1.807) is 11.8 Å². The maximum atomic E-state index is 9.47. The van der Waals surface area contributed by atoms with Crippen LogP contribution in [0.4, 0.5) is 11.8 Å². The third kappa shape index (κ3) is 4.75. The van der Waals surface area contributed by atoms with Crippen molar-refractivity contribution >= 4 is 22.8 Å². The first kappa shape index (κ1) is 20.8. The topological polar surface area (TPSA) is 128 Å². The van der Waals surface area contributed by atoms with Crippen LogP contribution in [0.15, 0.2) is 24.4 Å². The van der Waals surface area contributed by atoms with Gasteiger partial charge in [-0.15, -0.1) is 0 Å². The Balaban J connectivity index is 1.97. The molecule has 0 saturated carbocycles. The largest absolute Gasteiger partial charge is 0.496 e. The van der Waals surface area contributed by atoms with E-state index in [0.29, 0.717) is 36.5 Å². The molecular formula is C20H29N7O2. The summed E-state index contributed by atoms with van der Waals surface area (Å²) in [5, 5.41) is 14.2. The molecule has 0 aliphatic rings. The van der Waals surface area contributed by atoms with Crippen molar-refractivity contribution in [1.29, 1.82) is 0 Å². The number of rotatable bonds is 10. The number of ether oxygens (including phenoxy) is 1. The maximum Gasteiger partial charge on any atom is 0.222 e. The number of nitrogens with two attached hydrogens (primary N) is 2. The second kappa shape index (κ2) is 9.53. The predicted molar refractivity (Wildman–Crippen MR) is 114 cm³/mol. The molecule has 3 aromatic rings. The van der Waals surface area contributed by atoms with E-state index in [1.165, 1.54) is 0 Å². The lowest BCUT2D eigenvalue weighted by molar-refractivity contribution is 0.301. The number of aromatic nitrogens is 4. The van der Waals surface area contributed by atoms with Gasteiger partial charge in [0.1, 0.15) is 11.3 Å². The monoisotopic (exact) mass is 399 g/mol. The summed E-state index contributed by atoms with van der Waals surface area (Å²) in [5.74, 6) is 1.61. The molecule has 0 aliphatic carbocycles. The number of nitrogens with zero attached hydrogens (tertiary/aromatic N) is 5. The average molecular weight is 399 g/mol. The fourth-order valence-electron chi connectivity index (χ4n) is 3.28. The van der Waals surface area contributed by atoms with E-state index in [-0.39, 0.29) is 12.6 Å². The van der Waals surface area contributed by atoms with Crippen molar-refractivity contribution in [3.63, 3.8) is 0 Å². The van der Waals surface area contributed by atoms with E-state index in [0.717, 1.165) is 36.3 Å². The van der Waals surface area contributed by atoms with Crippen molar-refractivity contribution in [3.05, 3.63) is 35.5 Å². The fraction of sp³-hybridized carbons (Fsp3) is 0.450. The summed E-state index contributed by atoms with van der Waals surface area (Å²) in [7, 11) is 1.64. The van der Waals surface area contributed by atoms with Gasteiger partial charge in [-0.3, -0.25) is 4.68 Å². The normalized spacial score (nSPS) is 11.2. The van der Waals surface area contributed by atoms with E-state index >= 15 is 0 Å². The van der Waals surface area contributed by atoms with Gasteiger partial charge >= 0.3 is 0 Å². The van der Waals surface area contributed by atoms with Gasteiger partial charge in [-0.2, -0.15) is 10.1 Å². The molecule has 0 bridgehead atoms. The molecule has 3 rings (SSSR count). The van der Waals surface area contributed by atoms with Crippen molar-refractivity contribution in [2.75, 3.05) is 37.4 Å². The van der Waals surface area contributed by atoms with Gasteiger partial charge in [-0.05, 0) is 18.1 Å². The Morgan fingerprint density at radius 3 is 2.76 bits per heavy atom. The quantitative estimate of drug-likeness (QED) is 0.468. The summed E-state index contributed by atoms with van der Waals surface area (Å²) in [4.78, 5) is 10.8. The number of benzene rings is 1. The Hall–Kier alpha value is -2.91. The maximum absolute atomic E-state index is 9.47. The lowest BCUT2D eigenvalue weighted by atomic mass is 10.1. The van der Waals surface area contributed by atoms with Crippen LogP contribution in [-0.2, 0) is 13.1 Å². The Kier molecular flexibility index (Phi) is 6.84. The highest BCUT2D eigenvalue weighted by atomic mass is 16.5. The molecule has 0 unspecified atom stereocenters. The number of aliphatic hydroxyl groups excluding tert-OH is 1. The summed E-state index contributed by atoms with van der Waals surface area (Å²) < 4.78 is 7.32. The number of aliphatic hydroxyl groups is 1. The van der Waals surface area contributed by atoms with Crippen LogP contribution >= 0.6 is 0 Å². The molecule has 0 atom stereocenters.